The molecule has 6 aromatic rings. The van der Waals surface area contributed by atoms with Gasteiger partial charge >= 0.3 is 0 Å². The van der Waals surface area contributed by atoms with E-state index in [1.807, 2.05) is 18.3 Å². The van der Waals surface area contributed by atoms with Gasteiger partial charge in [0, 0.05) is 45.8 Å². The van der Waals surface area contributed by atoms with Gasteiger partial charge in [-0.1, -0.05) is 42.5 Å². The third kappa shape index (κ3) is 1.88. The van der Waals surface area contributed by atoms with Gasteiger partial charge in [-0.2, -0.15) is 0 Å². The average Bonchev–Trinajstić information content (AvgIpc) is 3.20. The third-order valence-corrected chi connectivity index (χ3v) is 5.59. The lowest BCUT2D eigenvalue weighted by molar-refractivity contribution is 1.01. The summed E-state index contributed by atoms with van der Waals surface area (Å²) in [7, 11) is 2.15. The molecule has 6 rings (SSSR count). The quantitative estimate of drug-likeness (QED) is 0.367. The summed E-state index contributed by atoms with van der Waals surface area (Å²) in [5, 5.41) is 5.08. The third-order valence-electron chi connectivity index (χ3n) is 5.59. The first-order valence-corrected chi connectivity index (χ1v) is 9.15. The fourth-order valence-electron chi connectivity index (χ4n) is 4.35. The van der Waals surface area contributed by atoms with Crippen LogP contribution >= 0.6 is 0 Å². The molecule has 0 amide bonds. The zero-order valence-corrected chi connectivity index (χ0v) is 14.9. The summed E-state index contributed by atoms with van der Waals surface area (Å²) in [6.45, 7) is 0. The van der Waals surface area contributed by atoms with E-state index in [0.29, 0.717) is 0 Å². The van der Waals surface area contributed by atoms with E-state index in [1.165, 1.54) is 43.6 Å². The van der Waals surface area contributed by atoms with Gasteiger partial charge in [0.2, 0.25) is 0 Å². The van der Waals surface area contributed by atoms with Crippen molar-refractivity contribution in [2.75, 3.05) is 0 Å². The molecule has 0 radical (unpaired) electrons. The van der Waals surface area contributed by atoms with Crippen LogP contribution in [0, 0.1) is 0 Å². The largest absolute Gasteiger partial charge is 0.344 e. The van der Waals surface area contributed by atoms with Gasteiger partial charge < -0.3 is 4.57 Å². The molecule has 0 fully saturated rings. The molecule has 3 nitrogen and oxygen atoms in total. The Kier molecular flexibility index (Phi) is 2.81. The highest BCUT2D eigenvalue weighted by Crippen LogP contribution is 2.37. The van der Waals surface area contributed by atoms with Crippen LogP contribution < -0.4 is 0 Å². The number of para-hydroxylation sites is 2. The highest BCUT2D eigenvalue weighted by molar-refractivity contribution is 6.18. The van der Waals surface area contributed by atoms with Crippen LogP contribution in [0.25, 0.3) is 49.4 Å². The Morgan fingerprint density at radius 3 is 2.00 bits per heavy atom. The number of rotatable bonds is 1. The van der Waals surface area contributed by atoms with Crippen LogP contribution in [0.15, 0.2) is 85.1 Å². The smallest absolute Gasteiger partial charge is 0.137 e. The van der Waals surface area contributed by atoms with E-state index in [9.17, 15) is 0 Å². The Hall–Kier alpha value is -3.59. The zero-order valence-electron chi connectivity index (χ0n) is 14.9. The van der Waals surface area contributed by atoms with E-state index in [4.69, 9.17) is 0 Å². The first-order chi connectivity index (χ1) is 13.3. The minimum atomic E-state index is 0.947. The van der Waals surface area contributed by atoms with Crippen molar-refractivity contribution in [1.82, 2.24) is 14.1 Å². The van der Waals surface area contributed by atoms with Crippen LogP contribution in [0.3, 0.4) is 0 Å². The van der Waals surface area contributed by atoms with E-state index in [0.717, 1.165) is 5.82 Å². The molecule has 0 atom stereocenters. The maximum absolute atomic E-state index is 4.63. The normalized spacial score (nSPS) is 11.9. The molecule has 3 heteroatoms. The number of fused-ring (bicyclic) bond motifs is 6. The number of nitrogens with zero attached hydrogens (tertiary/aromatic N) is 3. The first-order valence-electron chi connectivity index (χ1n) is 9.15. The lowest BCUT2D eigenvalue weighted by Crippen LogP contribution is -1.96. The van der Waals surface area contributed by atoms with Crippen molar-refractivity contribution < 1.29 is 0 Å². The molecule has 0 unspecified atom stereocenters. The molecule has 128 valence electrons. The maximum Gasteiger partial charge on any atom is 0.137 e. The molecule has 0 aliphatic carbocycles. The number of hydrogen-bond acceptors (Lipinski definition) is 1. The first kappa shape index (κ1) is 14.6. The average molecular weight is 347 g/mol. The second-order valence-electron chi connectivity index (χ2n) is 7.00. The van der Waals surface area contributed by atoms with Crippen molar-refractivity contribution >= 4 is 43.6 Å². The minimum Gasteiger partial charge on any atom is -0.344 e. The number of aryl methyl sites for hydroxylation is 1. The Morgan fingerprint density at radius 2 is 1.22 bits per heavy atom. The summed E-state index contributed by atoms with van der Waals surface area (Å²) in [4.78, 5) is 4.63. The van der Waals surface area contributed by atoms with Crippen LogP contribution in [-0.2, 0) is 7.05 Å². The van der Waals surface area contributed by atoms with E-state index in [-0.39, 0.29) is 0 Å². The highest BCUT2D eigenvalue weighted by atomic mass is 15.1. The fraction of sp³-hybridized carbons (Fsp3) is 0.0417. The Balaban J connectivity index is 1.88. The van der Waals surface area contributed by atoms with E-state index in [1.54, 1.807) is 0 Å². The molecular weight excluding hydrogens is 330 g/mol. The van der Waals surface area contributed by atoms with Crippen molar-refractivity contribution in [3.8, 4) is 5.82 Å². The fourth-order valence-corrected chi connectivity index (χ4v) is 4.35. The van der Waals surface area contributed by atoms with Gasteiger partial charge in [-0.15, -0.1) is 0 Å². The predicted molar refractivity (Wildman–Crippen MR) is 113 cm³/mol. The van der Waals surface area contributed by atoms with Gasteiger partial charge in [0.1, 0.15) is 5.82 Å². The molecule has 0 aliphatic heterocycles. The zero-order chi connectivity index (χ0) is 18.0. The van der Waals surface area contributed by atoms with Crippen LogP contribution in [-0.4, -0.2) is 14.1 Å². The second-order valence-corrected chi connectivity index (χ2v) is 7.00. The standard InChI is InChI=1S/C24H17N3/c1-26-20-10-4-2-8-16(20)18-15-23-19(14-22(18)26)17-9-3-5-11-21(17)27(23)24-12-6-7-13-25-24/h2-15H,1H3. The molecular formula is C24H17N3. The Bertz CT molecular complexity index is 1470. The summed E-state index contributed by atoms with van der Waals surface area (Å²) in [6.07, 6.45) is 1.85. The lowest BCUT2D eigenvalue weighted by atomic mass is 10.1. The molecule has 27 heavy (non-hydrogen) atoms. The molecule has 3 aromatic heterocycles. The van der Waals surface area contributed by atoms with E-state index < -0.39 is 0 Å². The second kappa shape index (κ2) is 5.21. The molecule has 0 N–H and O–H groups in total. The number of benzene rings is 3. The summed E-state index contributed by atoms with van der Waals surface area (Å²) >= 11 is 0. The number of hydrogen-bond donors (Lipinski definition) is 0. The van der Waals surface area contributed by atoms with Gasteiger partial charge in [-0.3, -0.25) is 4.57 Å². The minimum absolute atomic E-state index is 0.947. The molecule has 0 bridgehead atoms. The monoisotopic (exact) mass is 347 g/mol. The number of pyridine rings is 1. The van der Waals surface area contributed by atoms with Crippen molar-refractivity contribution in [3.05, 3.63) is 85.1 Å². The molecule has 0 saturated carbocycles. The SMILES string of the molecule is Cn1c2ccccc2c2cc3c(cc21)c1ccccc1n3-c1ccccn1. The van der Waals surface area contributed by atoms with Gasteiger partial charge in [0.15, 0.2) is 0 Å². The van der Waals surface area contributed by atoms with Gasteiger partial charge in [0.05, 0.1) is 11.0 Å². The van der Waals surface area contributed by atoms with Gasteiger partial charge in [-0.25, -0.2) is 4.98 Å². The summed E-state index contributed by atoms with van der Waals surface area (Å²) in [5.41, 5.74) is 4.89. The van der Waals surface area contributed by atoms with Crippen LogP contribution in [0.2, 0.25) is 0 Å². The number of aromatic nitrogens is 3. The van der Waals surface area contributed by atoms with E-state index in [2.05, 4.69) is 87.9 Å². The Morgan fingerprint density at radius 1 is 0.593 bits per heavy atom. The lowest BCUT2D eigenvalue weighted by Gasteiger charge is -2.06. The Labute approximate surface area is 156 Å². The highest BCUT2D eigenvalue weighted by Gasteiger charge is 2.16. The van der Waals surface area contributed by atoms with Crippen molar-refractivity contribution in [1.29, 1.82) is 0 Å². The van der Waals surface area contributed by atoms with Crippen molar-refractivity contribution in [3.63, 3.8) is 0 Å². The summed E-state index contributed by atoms with van der Waals surface area (Å²) in [5.74, 6) is 0.947. The molecule has 0 aliphatic rings. The van der Waals surface area contributed by atoms with Crippen molar-refractivity contribution in [2.24, 2.45) is 7.05 Å². The van der Waals surface area contributed by atoms with Gasteiger partial charge in [0.25, 0.3) is 0 Å². The predicted octanol–water partition coefficient (Wildman–Crippen LogP) is 5.82. The molecule has 0 saturated heterocycles. The van der Waals surface area contributed by atoms with Gasteiger partial charge in [-0.05, 0) is 36.4 Å². The topological polar surface area (TPSA) is 22.8 Å². The van der Waals surface area contributed by atoms with E-state index >= 15 is 0 Å². The summed E-state index contributed by atoms with van der Waals surface area (Å²) < 4.78 is 4.56. The molecule has 3 heterocycles. The molecule has 3 aromatic carbocycles. The van der Waals surface area contributed by atoms with Crippen LogP contribution in [0.1, 0.15) is 0 Å². The van der Waals surface area contributed by atoms with Crippen LogP contribution in [0.5, 0.6) is 0 Å². The van der Waals surface area contributed by atoms with Crippen LogP contribution in [0.4, 0.5) is 0 Å². The maximum atomic E-state index is 4.63. The summed E-state index contributed by atoms with van der Waals surface area (Å²) in [6, 6.07) is 27.9. The molecule has 0 spiro atoms. The van der Waals surface area contributed by atoms with Crippen molar-refractivity contribution in [2.45, 2.75) is 0 Å².